The van der Waals surface area contributed by atoms with Gasteiger partial charge in [0.1, 0.15) is 12.4 Å². The Labute approximate surface area is 193 Å². The molecule has 0 saturated carbocycles. The molecule has 7 heteroatoms. The van der Waals surface area contributed by atoms with Gasteiger partial charge in [0.2, 0.25) is 5.91 Å². The molecule has 1 aliphatic heterocycles. The van der Waals surface area contributed by atoms with Gasteiger partial charge in [-0.2, -0.15) is 0 Å². The molecule has 0 spiro atoms. The van der Waals surface area contributed by atoms with E-state index in [1.165, 1.54) is 23.1 Å². The second-order valence-electron chi connectivity index (χ2n) is 8.39. The van der Waals surface area contributed by atoms with Crippen LogP contribution in [0.4, 0.5) is 14.9 Å². The van der Waals surface area contributed by atoms with Crippen LogP contribution in [0.2, 0.25) is 0 Å². The van der Waals surface area contributed by atoms with Crippen LogP contribution >= 0.6 is 0 Å². The zero-order valence-electron chi connectivity index (χ0n) is 19.0. The van der Waals surface area contributed by atoms with E-state index in [4.69, 9.17) is 0 Å². The van der Waals surface area contributed by atoms with E-state index < -0.39 is 11.8 Å². The van der Waals surface area contributed by atoms with Gasteiger partial charge in [0, 0.05) is 37.2 Å². The number of benzene rings is 2. The molecule has 1 atom stereocenters. The molecular formula is C26H29FN4O2. The summed E-state index contributed by atoms with van der Waals surface area (Å²) in [7, 11) is 0. The average Bonchev–Trinajstić information content (AvgIpc) is 3.27. The fraction of sp³-hybridized carbons (Fsp3) is 0.308. The fourth-order valence-corrected chi connectivity index (χ4v) is 4.30. The molecule has 0 bridgehead atoms. The van der Waals surface area contributed by atoms with E-state index in [1.54, 1.807) is 6.07 Å². The highest BCUT2D eigenvalue weighted by Gasteiger charge is 2.33. The minimum absolute atomic E-state index is 0.0436. The van der Waals surface area contributed by atoms with Gasteiger partial charge < -0.3 is 19.7 Å². The zero-order valence-corrected chi connectivity index (χ0v) is 19.0. The smallest absolute Gasteiger partial charge is 0.322 e. The molecule has 0 fully saturated rings. The van der Waals surface area contributed by atoms with Crippen LogP contribution in [0.1, 0.15) is 36.2 Å². The maximum absolute atomic E-state index is 13.5. The Hall–Kier alpha value is -3.61. The maximum atomic E-state index is 13.5. The Balaban J connectivity index is 1.55. The largest absolute Gasteiger partial charge is 0.348 e. The van der Waals surface area contributed by atoms with Gasteiger partial charge in [-0.3, -0.25) is 4.79 Å². The minimum Gasteiger partial charge on any atom is -0.348 e. The molecule has 3 aromatic rings. The molecule has 1 aromatic heterocycles. The SMILES string of the molecule is CCCN(CC(=O)N1CCn2cccc2C1c1ccc(C)cc1)C(=O)Nc1cccc(F)c1. The standard InChI is InChI=1S/C26H29FN4O2/c1-3-13-30(26(33)28-22-7-4-6-21(27)17-22)18-24(32)31-16-15-29-14-5-8-23(29)25(31)20-11-9-19(2)10-12-20/h4-12,14,17,25H,3,13,15-16,18H2,1-2H3,(H,28,33). The molecule has 6 nitrogen and oxygen atoms in total. The van der Waals surface area contributed by atoms with Crippen molar-refractivity contribution in [3.05, 3.63) is 89.5 Å². The third kappa shape index (κ3) is 5.08. The number of carbonyl (C=O) groups excluding carboxylic acids is 2. The second kappa shape index (κ2) is 9.90. The number of aromatic nitrogens is 1. The van der Waals surface area contributed by atoms with Crippen molar-refractivity contribution in [3.8, 4) is 0 Å². The molecule has 1 N–H and O–H groups in total. The van der Waals surface area contributed by atoms with Crippen LogP contribution < -0.4 is 5.32 Å². The second-order valence-corrected chi connectivity index (χ2v) is 8.39. The molecule has 1 unspecified atom stereocenters. The Kier molecular flexibility index (Phi) is 6.77. The predicted molar refractivity (Wildman–Crippen MR) is 126 cm³/mol. The van der Waals surface area contributed by atoms with Crippen molar-refractivity contribution in [1.82, 2.24) is 14.4 Å². The number of anilines is 1. The number of urea groups is 1. The monoisotopic (exact) mass is 448 g/mol. The number of amides is 3. The first-order valence-electron chi connectivity index (χ1n) is 11.3. The third-order valence-corrected chi connectivity index (χ3v) is 5.93. The number of nitrogens with zero attached hydrogens (tertiary/aromatic N) is 3. The molecule has 2 heterocycles. The number of carbonyl (C=O) groups is 2. The summed E-state index contributed by atoms with van der Waals surface area (Å²) in [6, 6.07) is 17.4. The Morgan fingerprint density at radius 3 is 2.61 bits per heavy atom. The molecule has 1 aliphatic rings. The summed E-state index contributed by atoms with van der Waals surface area (Å²) in [5.41, 5.74) is 3.62. The highest BCUT2D eigenvalue weighted by atomic mass is 19.1. The lowest BCUT2D eigenvalue weighted by atomic mass is 9.98. The lowest BCUT2D eigenvalue weighted by Crippen LogP contribution is -2.48. The maximum Gasteiger partial charge on any atom is 0.322 e. The van der Waals surface area contributed by atoms with Gasteiger partial charge in [-0.25, -0.2) is 9.18 Å². The van der Waals surface area contributed by atoms with Gasteiger partial charge in [-0.05, 0) is 49.2 Å². The fourth-order valence-electron chi connectivity index (χ4n) is 4.30. The first kappa shape index (κ1) is 22.6. The average molecular weight is 449 g/mol. The number of aryl methyl sites for hydroxylation is 1. The summed E-state index contributed by atoms with van der Waals surface area (Å²) < 4.78 is 15.7. The lowest BCUT2D eigenvalue weighted by molar-refractivity contribution is -0.134. The van der Waals surface area contributed by atoms with Crippen LogP contribution in [0.3, 0.4) is 0 Å². The Morgan fingerprint density at radius 2 is 1.88 bits per heavy atom. The van der Waals surface area contributed by atoms with Crippen molar-refractivity contribution in [2.75, 3.05) is 25.0 Å². The summed E-state index contributed by atoms with van der Waals surface area (Å²) in [5, 5.41) is 2.71. The molecule has 0 radical (unpaired) electrons. The van der Waals surface area contributed by atoms with E-state index in [1.807, 2.05) is 37.1 Å². The van der Waals surface area contributed by atoms with Crippen molar-refractivity contribution in [2.24, 2.45) is 0 Å². The molecule has 0 aliphatic carbocycles. The van der Waals surface area contributed by atoms with Crippen molar-refractivity contribution in [3.63, 3.8) is 0 Å². The van der Waals surface area contributed by atoms with Crippen LogP contribution in [0.15, 0.2) is 66.9 Å². The highest BCUT2D eigenvalue weighted by molar-refractivity contribution is 5.92. The molecule has 172 valence electrons. The molecule has 33 heavy (non-hydrogen) atoms. The zero-order chi connectivity index (χ0) is 23.4. The molecular weight excluding hydrogens is 419 g/mol. The van der Waals surface area contributed by atoms with E-state index in [0.717, 1.165) is 16.8 Å². The normalized spacial score (nSPS) is 15.1. The summed E-state index contributed by atoms with van der Waals surface area (Å²) in [6.45, 7) is 5.64. The van der Waals surface area contributed by atoms with E-state index in [0.29, 0.717) is 31.7 Å². The number of hydrogen-bond donors (Lipinski definition) is 1. The van der Waals surface area contributed by atoms with Crippen LogP contribution in [-0.2, 0) is 11.3 Å². The molecule has 4 rings (SSSR count). The van der Waals surface area contributed by atoms with E-state index in [2.05, 4.69) is 34.1 Å². The van der Waals surface area contributed by atoms with E-state index >= 15 is 0 Å². The number of nitrogens with one attached hydrogen (secondary N) is 1. The van der Waals surface area contributed by atoms with Crippen molar-refractivity contribution >= 4 is 17.6 Å². The topological polar surface area (TPSA) is 57.6 Å². The summed E-state index contributed by atoms with van der Waals surface area (Å²) in [5.74, 6) is -0.543. The van der Waals surface area contributed by atoms with Gasteiger partial charge >= 0.3 is 6.03 Å². The predicted octanol–water partition coefficient (Wildman–Crippen LogP) is 4.81. The summed E-state index contributed by atoms with van der Waals surface area (Å²) in [4.78, 5) is 29.8. The minimum atomic E-state index is -0.428. The molecule has 3 amide bonds. The van der Waals surface area contributed by atoms with Crippen molar-refractivity contribution < 1.29 is 14.0 Å². The van der Waals surface area contributed by atoms with Crippen LogP contribution in [0.5, 0.6) is 0 Å². The molecule has 0 saturated heterocycles. The first-order chi connectivity index (χ1) is 16.0. The number of fused-ring (bicyclic) bond motifs is 1. The van der Waals surface area contributed by atoms with Gasteiger partial charge in [-0.15, -0.1) is 0 Å². The summed E-state index contributed by atoms with van der Waals surface area (Å²) >= 11 is 0. The Bertz CT molecular complexity index is 1130. The third-order valence-electron chi connectivity index (χ3n) is 5.93. The van der Waals surface area contributed by atoms with Gasteiger partial charge in [-0.1, -0.05) is 42.8 Å². The highest BCUT2D eigenvalue weighted by Crippen LogP contribution is 2.32. The van der Waals surface area contributed by atoms with Gasteiger partial charge in [0.25, 0.3) is 0 Å². The van der Waals surface area contributed by atoms with E-state index in [9.17, 15) is 14.0 Å². The van der Waals surface area contributed by atoms with Crippen LogP contribution in [0, 0.1) is 12.7 Å². The number of hydrogen-bond acceptors (Lipinski definition) is 2. The van der Waals surface area contributed by atoms with E-state index in [-0.39, 0.29) is 18.5 Å². The van der Waals surface area contributed by atoms with Crippen molar-refractivity contribution in [2.45, 2.75) is 32.9 Å². The van der Waals surface area contributed by atoms with Gasteiger partial charge in [0.05, 0.1) is 6.04 Å². The van der Waals surface area contributed by atoms with Crippen LogP contribution in [-0.4, -0.2) is 45.9 Å². The summed E-state index contributed by atoms with van der Waals surface area (Å²) in [6.07, 6.45) is 2.74. The number of halogens is 1. The first-order valence-corrected chi connectivity index (χ1v) is 11.3. The van der Waals surface area contributed by atoms with Gasteiger partial charge in [0.15, 0.2) is 0 Å². The quantitative estimate of drug-likeness (QED) is 0.588. The molecule has 2 aromatic carbocycles. The van der Waals surface area contributed by atoms with Crippen LogP contribution in [0.25, 0.3) is 0 Å². The number of rotatable bonds is 6. The lowest BCUT2D eigenvalue weighted by Gasteiger charge is -2.38. The Morgan fingerprint density at radius 1 is 1.09 bits per heavy atom. The van der Waals surface area contributed by atoms with Crippen molar-refractivity contribution in [1.29, 1.82) is 0 Å².